The third-order valence-corrected chi connectivity index (χ3v) is 39.8. The van der Waals surface area contributed by atoms with E-state index in [1.807, 2.05) is 20.8 Å². The molecule has 0 aromatic rings. The number of hydrogen-bond acceptors (Lipinski definition) is 26. The third kappa shape index (κ3) is 55.9. The van der Waals surface area contributed by atoms with Gasteiger partial charge in [-0.05, 0) is 128 Å². The third-order valence-electron chi connectivity index (χ3n) is 17.2. The molecule has 0 aromatic heterocycles. The minimum Gasteiger partial charge on any atom is -1.00 e. The maximum absolute atomic E-state index is 13.8. The molecule has 24 nitrogen and oxygen atoms in total. The summed E-state index contributed by atoms with van der Waals surface area (Å²) < 4.78 is 172. The first-order chi connectivity index (χ1) is 48.3. The zero-order valence-corrected chi connectivity index (χ0v) is 107. The number of hydrogen-bond donors (Lipinski definition) is 3. The van der Waals surface area contributed by atoms with Crippen molar-refractivity contribution in [1.29, 1.82) is 0 Å². The summed E-state index contributed by atoms with van der Waals surface area (Å²) in [5, 5.41) is 19.8. The van der Waals surface area contributed by atoms with Crippen LogP contribution in [0.25, 0.3) is 0 Å². The van der Waals surface area contributed by atoms with Crippen molar-refractivity contribution in [1.82, 2.24) is 0 Å². The van der Waals surface area contributed by atoms with E-state index in [0.29, 0.717) is 51.0 Å². The van der Waals surface area contributed by atoms with Gasteiger partial charge in [0.15, 0.2) is 16.6 Å². The standard InChI is InChI=1S/C22H43O6PSSi.C17H33O6PSSi.C15H27O7PS.C7H14O2.C4H9F3O3SSi.CH2Cl2.6Ba.6H/c1-9-11-17(3)30-29(23,27-19-12-14-24-18(19)10-2)26-16-21-20(13-15-25-21)28-31(7,8)22(4,5)6;1-7-13-14(8-10-19-13)22-24(18,25)21-12-16-15(9-11-20-16)23-26(5,6)17(2,3)4;1-3-4-11(2)24-23(18,21-10-15-12(17)5-7-20-15)22-13-6-8-19-14(13)9-16;1-6(2)4-5-9-7(3)8;1-12(2,3)10-11(8,9)4(5,6)7;2-1-3;;;;;;;;;;;;/h14-15,17-21H,9-13,16H2,1-8H3;10-11,13-16H,7-9,12H2,1-6H3,(H,18,25);7-8,11-17H,3-6,9-10H2,1-2H3;6H,4-5H2,1-3H3;1-3H3;1H2;;;;;;;;;;;;/q3*-2;;;;6*+2;6*-1/t17?,18-,19?,20?,21-,29+;13-,14?,15?,16-,24?;11?,12?,13?,14-,15-,23+;;;;;;;;;;;;;;;/m111.............../s1. The Hall–Kier alpha value is 11.0. The Labute approximate surface area is 943 Å². The van der Waals surface area contributed by atoms with Gasteiger partial charge in [0.2, 0.25) is 8.32 Å². The Morgan fingerprint density at radius 1 is 0.577 bits per heavy atom. The van der Waals surface area contributed by atoms with Crippen LogP contribution in [0.5, 0.6) is 0 Å². The summed E-state index contributed by atoms with van der Waals surface area (Å²) in [4.78, 5) is 20.6. The normalized spacial score (nSPS) is 26.2. The van der Waals surface area contributed by atoms with E-state index >= 15 is 0 Å². The van der Waals surface area contributed by atoms with E-state index in [-0.39, 0.29) is 409 Å². The number of esters is 1. The minimum atomic E-state index is -5.39. The predicted molar refractivity (Wildman–Crippen MR) is 462 cm³/mol. The van der Waals surface area contributed by atoms with Gasteiger partial charge in [0.1, 0.15) is 0 Å². The van der Waals surface area contributed by atoms with Gasteiger partial charge in [0, 0.05) is 41.8 Å². The number of ether oxygens (including phenoxy) is 7. The van der Waals surface area contributed by atoms with Crippen molar-refractivity contribution in [3.63, 3.8) is 0 Å². The van der Waals surface area contributed by atoms with E-state index in [0.717, 1.165) is 44.9 Å². The van der Waals surface area contributed by atoms with Gasteiger partial charge in [-0.25, -0.2) is 48.8 Å². The Bertz CT molecular complexity index is 2750. The number of rotatable bonds is 35. The predicted octanol–water partition coefficient (Wildman–Crippen LogP) is 17.2. The van der Waals surface area contributed by atoms with Crippen LogP contribution in [0, 0.1) is 45.6 Å². The molecule has 0 aliphatic carbocycles. The molecule has 9 unspecified atom stereocenters. The minimum absolute atomic E-state index is 0. The second kappa shape index (κ2) is 66.4. The molecule has 17 atom stereocenters. The van der Waals surface area contributed by atoms with E-state index in [4.69, 9.17) is 104 Å². The van der Waals surface area contributed by atoms with Crippen molar-refractivity contribution >= 4 is 412 Å². The van der Waals surface area contributed by atoms with E-state index in [1.54, 1.807) is 33.0 Å². The fourth-order valence-corrected chi connectivity index (χ4v) is 25.3. The Balaban J connectivity index is -0.000000119. The van der Waals surface area contributed by atoms with Gasteiger partial charge in [0.25, 0.3) is 0 Å². The molecule has 0 radical (unpaired) electrons. The molecule has 6 aliphatic rings. The average Bonchev–Trinajstić information content (AvgIpc) is 1.81. The van der Waals surface area contributed by atoms with Crippen LogP contribution in [0.3, 0.4) is 0 Å². The SMILES string of the molecule is CC(=O)OCCC(C)C.CCCC(C)S[P@@](=O)(OC[C@H]1O[CH-]CC1O)OC1C[CH-]O[C@@H]1CO.CCCC(C)S[P@@](=O)(OC[C@H]1O[CH-]CC1O[Si](C)(C)C(C)(C)C)OC1C[CH-]O[C@@H]1CC.CC[C@H]1O[CH-]CC1OP(O)(=S)OC[C@H]1O[CH-]CC1O[Si](C)(C)C(C)(C)C.C[Si](C)(C)OS(=O)(=O)C(F)(F)F.ClCCl.[Ba+2].[Ba+2].[Ba+2].[Ba+2].[Ba+2].[Ba+2].[H-].[H-].[H-].[H-].[H-].[H-]. The molecule has 6 rings (SSSR count). The van der Waals surface area contributed by atoms with Crippen LogP contribution in [-0.2, 0) is 109 Å². The van der Waals surface area contributed by atoms with Gasteiger partial charge in [-0.3, -0.25) is 22.9 Å². The summed E-state index contributed by atoms with van der Waals surface area (Å²) in [5.41, 5.74) is -5.31. The number of carbonyl (C=O) groups excluding carboxylic acids is 1. The molecule has 6 fully saturated rings. The molecule has 111 heavy (non-hydrogen) atoms. The van der Waals surface area contributed by atoms with Crippen molar-refractivity contribution < 1.29 is 132 Å². The Morgan fingerprint density at radius 3 is 1.21 bits per heavy atom. The zero-order valence-electron chi connectivity index (χ0n) is 76.1. The van der Waals surface area contributed by atoms with E-state index in [2.05, 4.69) is 106 Å². The van der Waals surface area contributed by atoms with Crippen molar-refractivity contribution in [2.24, 2.45) is 5.92 Å². The molecule has 0 spiro atoms. The van der Waals surface area contributed by atoms with E-state index < -0.39 is 85.3 Å². The number of alkyl halides is 5. The first-order valence-corrected chi connectivity index (χ1v) is 56.3. The largest absolute Gasteiger partial charge is 2.00 e. The molecule has 0 saturated carbocycles. The Kier molecular flexibility index (Phi) is 79.3. The van der Waals surface area contributed by atoms with Crippen LogP contribution in [0.15, 0.2) is 0 Å². The van der Waals surface area contributed by atoms with Crippen molar-refractivity contribution in [3.05, 3.63) is 39.6 Å². The molecule has 6 saturated heterocycles. The van der Waals surface area contributed by atoms with E-state index in [1.165, 1.54) is 55.9 Å². The fourth-order valence-electron chi connectivity index (χ4n) is 9.48. The molecular formula is C66H134Ba6Cl2F3O24P3S4Si3. The molecule has 6 aliphatic heterocycles. The van der Waals surface area contributed by atoms with Gasteiger partial charge in [-0.15, -0.1) is 61.7 Å². The smallest absolute Gasteiger partial charge is 1.00 e. The van der Waals surface area contributed by atoms with Gasteiger partial charge in [-0.1, -0.05) is 110 Å². The van der Waals surface area contributed by atoms with Crippen molar-refractivity contribution in [2.75, 3.05) is 38.4 Å². The summed E-state index contributed by atoms with van der Waals surface area (Å²) in [6.45, 7) is 44.7. The molecule has 0 amide bonds. The van der Waals surface area contributed by atoms with Gasteiger partial charge < -0.3 is 78.6 Å². The maximum Gasteiger partial charge on any atom is 2.00 e. The first-order valence-electron chi connectivity index (χ1n) is 36.0. The molecule has 0 aromatic carbocycles. The summed E-state index contributed by atoms with van der Waals surface area (Å²) in [6, 6.07) is 0. The second-order valence-electron chi connectivity index (χ2n) is 30.2. The van der Waals surface area contributed by atoms with Crippen LogP contribution in [0.4, 0.5) is 13.2 Å². The average molecular weight is 2570 g/mol. The molecule has 640 valence electrons. The quantitative estimate of drug-likeness (QED) is 0.0133. The van der Waals surface area contributed by atoms with Crippen molar-refractivity contribution in [2.45, 2.75) is 332 Å². The number of aliphatic hydroxyl groups excluding tert-OH is 2. The zero-order chi connectivity index (χ0) is 80.6. The monoisotopic (exact) mass is 2570 g/mol. The first kappa shape index (κ1) is 133. The summed E-state index contributed by atoms with van der Waals surface area (Å²) in [7, 11) is -12.0. The summed E-state index contributed by atoms with van der Waals surface area (Å²) in [6.07, 6.45) is 6.26. The van der Waals surface area contributed by atoms with Crippen molar-refractivity contribution in [3.8, 4) is 0 Å². The van der Waals surface area contributed by atoms with Gasteiger partial charge >= 0.3 is 335 Å². The molecular weight excluding hydrogens is 2430 g/mol. The summed E-state index contributed by atoms with van der Waals surface area (Å²) in [5.74, 6) is 0.431. The summed E-state index contributed by atoms with van der Waals surface area (Å²) >= 11 is 17.2. The van der Waals surface area contributed by atoms with Gasteiger partial charge in [-0.2, -0.15) is 21.6 Å². The fraction of sp³-hybridized carbons (Fsp3) is 0.894. The van der Waals surface area contributed by atoms with Crippen LogP contribution >= 0.6 is 66.3 Å². The molecule has 3 N–H and O–H groups in total. The van der Waals surface area contributed by atoms with Crippen LogP contribution in [0.2, 0.25) is 55.9 Å². The molecule has 0 bridgehead atoms. The van der Waals surface area contributed by atoms with E-state index in [9.17, 15) is 50.6 Å². The maximum atomic E-state index is 13.8. The topological polar surface area (TPSA) is 294 Å². The molecule has 6 heterocycles. The number of aliphatic hydroxyl groups is 2. The number of carbonyl (C=O) groups is 1. The van der Waals surface area contributed by atoms with Gasteiger partial charge in [0.05, 0.1) is 87.2 Å². The molecule has 45 heteroatoms. The van der Waals surface area contributed by atoms with Crippen LogP contribution < -0.4 is 0 Å². The van der Waals surface area contributed by atoms with Crippen LogP contribution in [-0.4, -0.2) is 475 Å². The number of halogens is 5. The van der Waals surface area contributed by atoms with Crippen LogP contribution in [0.1, 0.15) is 196 Å². The second-order valence-corrected chi connectivity index (χ2v) is 58.3. The Morgan fingerprint density at radius 2 is 0.901 bits per heavy atom.